The van der Waals surface area contributed by atoms with E-state index in [0.717, 1.165) is 15.6 Å². The van der Waals surface area contributed by atoms with Gasteiger partial charge in [0.2, 0.25) is 11.8 Å². The van der Waals surface area contributed by atoms with Gasteiger partial charge < -0.3 is 11.1 Å². The van der Waals surface area contributed by atoms with E-state index in [1.807, 2.05) is 31.4 Å². The lowest BCUT2D eigenvalue weighted by Crippen LogP contribution is -2.22. The lowest BCUT2D eigenvalue weighted by atomic mass is 10.1. The van der Waals surface area contributed by atoms with E-state index in [-0.39, 0.29) is 11.2 Å². The quantitative estimate of drug-likeness (QED) is 0.606. The Morgan fingerprint density at radius 3 is 2.41 bits per heavy atom. The van der Waals surface area contributed by atoms with Crippen LogP contribution in [0.1, 0.15) is 22.8 Å². The number of thioether (sulfide) groups is 1. The van der Waals surface area contributed by atoms with Crippen molar-refractivity contribution in [2.24, 2.45) is 5.73 Å². The number of thiazole rings is 1. The van der Waals surface area contributed by atoms with E-state index < -0.39 is 5.91 Å². The first-order valence-electron chi connectivity index (χ1n) is 8.32. The van der Waals surface area contributed by atoms with Crippen molar-refractivity contribution in [2.75, 3.05) is 5.32 Å². The number of aryl methyl sites for hydroxylation is 1. The molecule has 0 aliphatic carbocycles. The number of aromatic nitrogens is 1. The molecule has 2 amide bonds. The van der Waals surface area contributed by atoms with Crippen LogP contribution in [0.5, 0.6) is 0 Å². The fourth-order valence-electron chi connectivity index (χ4n) is 2.33. The molecule has 0 saturated carbocycles. The van der Waals surface area contributed by atoms with Crippen LogP contribution in [0.15, 0.2) is 58.3 Å². The largest absolute Gasteiger partial charge is 0.366 e. The molecule has 0 fully saturated rings. The fraction of sp³-hybridized carbons (Fsp3) is 0.150. The molecule has 27 heavy (non-hydrogen) atoms. The molecule has 138 valence electrons. The van der Waals surface area contributed by atoms with Crippen molar-refractivity contribution in [2.45, 2.75) is 23.4 Å². The molecule has 0 radical (unpaired) electrons. The molecule has 7 heteroatoms. The van der Waals surface area contributed by atoms with Crippen LogP contribution in [0.4, 0.5) is 5.69 Å². The zero-order chi connectivity index (χ0) is 19.4. The Balaban J connectivity index is 1.61. The molecular weight excluding hydrogens is 378 g/mol. The van der Waals surface area contributed by atoms with Gasteiger partial charge in [-0.3, -0.25) is 9.59 Å². The molecule has 0 aliphatic heterocycles. The Morgan fingerprint density at radius 2 is 1.78 bits per heavy atom. The second-order valence-corrected chi connectivity index (χ2v) is 8.50. The molecule has 0 bridgehead atoms. The summed E-state index contributed by atoms with van der Waals surface area (Å²) in [6.45, 7) is 3.89. The van der Waals surface area contributed by atoms with Crippen LogP contribution in [0, 0.1) is 6.92 Å². The van der Waals surface area contributed by atoms with Gasteiger partial charge >= 0.3 is 0 Å². The van der Waals surface area contributed by atoms with Crippen LogP contribution in [-0.4, -0.2) is 22.0 Å². The van der Waals surface area contributed by atoms with Crippen LogP contribution in [-0.2, 0) is 4.79 Å². The maximum absolute atomic E-state index is 12.4. The molecule has 3 N–H and O–H groups in total. The second kappa shape index (κ2) is 8.37. The van der Waals surface area contributed by atoms with Gasteiger partial charge in [0, 0.05) is 22.2 Å². The van der Waals surface area contributed by atoms with Crippen molar-refractivity contribution in [3.8, 4) is 11.3 Å². The van der Waals surface area contributed by atoms with Gasteiger partial charge in [0.1, 0.15) is 0 Å². The van der Waals surface area contributed by atoms with Crippen LogP contribution < -0.4 is 11.1 Å². The third-order valence-corrected chi connectivity index (χ3v) is 5.99. The van der Waals surface area contributed by atoms with E-state index >= 15 is 0 Å². The van der Waals surface area contributed by atoms with Crippen molar-refractivity contribution in [1.29, 1.82) is 0 Å². The summed E-state index contributed by atoms with van der Waals surface area (Å²) in [6, 6.07) is 14.7. The lowest BCUT2D eigenvalue weighted by molar-refractivity contribution is -0.115. The number of primary amides is 1. The SMILES string of the molecule is Cc1ccc(-c2csc(S[C@@H](C)C(=O)Nc3ccc(C(N)=O)cc3)n2)cc1. The summed E-state index contributed by atoms with van der Waals surface area (Å²) in [6.07, 6.45) is 0. The number of hydrogen-bond acceptors (Lipinski definition) is 5. The molecule has 1 heterocycles. The first-order chi connectivity index (χ1) is 12.9. The van der Waals surface area contributed by atoms with Gasteiger partial charge in [-0.2, -0.15) is 0 Å². The Hall–Kier alpha value is -2.64. The van der Waals surface area contributed by atoms with E-state index in [0.29, 0.717) is 11.3 Å². The molecule has 2 aromatic carbocycles. The molecule has 0 saturated heterocycles. The van der Waals surface area contributed by atoms with Crippen LogP contribution in [0.2, 0.25) is 0 Å². The highest BCUT2D eigenvalue weighted by molar-refractivity contribution is 8.02. The molecule has 1 aromatic heterocycles. The highest BCUT2D eigenvalue weighted by Gasteiger charge is 2.17. The maximum Gasteiger partial charge on any atom is 0.248 e. The zero-order valence-corrected chi connectivity index (χ0v) is 16.6. The van der Waals surface area contributed by atoms with Gasteiger partial charge in [0.15, 0.2) is 4.34 Å². The van der Waals surface area contributed by atoms with Crippen molar-refractivity contribution < 1.29 is 9.59 Å². The summed E-state index contributed by atoms with van der Waals surface area (Å²) in [5.41, 5.74) is 9.43. The van der Waals surface area contributed by atoms with E-state index in [1.165, 1.54) is 28.7 Å². The Morgan fingerprint density at radius 1 is 1.11 bits per heavy atom. The average molecular weight is 398 g/mol. The number of amides is 2. The van der Waals surface area contributed by atoms with Gasteiger partial charge in [-0.25, -0.2) is 4.98 Å². The second-order valence-electron chi connectivity index (χ2n) is 6.06. The minimum Gasteiger partial charge on any atom is -0.366 e. The summed E-state index contributed by atoms with van der Waals surface area (Å²) in [5, 5.41) is 4.53. The molecule has 1 atom stereocenters. The first kappa shape index (κ1) is 19.1. The molecule has 3 rings (SSSR count). The summed E-state index contributed by atoms with van der Waals surface area (Å²) in [5.74, 6) is -0.621. The lowest BCUT2D eigenvalue weighted by Gasteiger charge is -2.10. The number of carbonyl (C=O) groups is 2. The number of nitrogens with zero attached hydrogens (tertiary/aromatic N) is 1. The summed E-state index contributed by atoms with van der Waals surface area (Å²) in [7, 11) is 0. The molecule has 5 nitrogen and oxygen atoms in total. The predicted octanol–water partition coefficient (Wildman–Crippen LogP) is 4.34. The number of anilines is 1. The first-order valence-corrected chi connectivity index (χ1v) is 10.1. The topological polar surface area (TPSA) is 85.1 Å². The van der Waals surface area contributed by atoms with Crippen LogP contribution in [0.3, 0.4) is 0 Å². The van der Waals surface area contributed by atoms with Crippen molar-refractivity contribution in [3.05, 3.63) is 65.0 Å². The number of nitrogens with one attached hydrogen (secondary N) is 1. The third-order valence-electron chi connectivity index (χ3n) is 3.91. The van der Waals surface area contributed by atoms with E-state index in [9.17, 15) is 9.59 Å². The van der Waals surface area contributed by atoms with Crippen molar-refractivity contribution in [3.63, 3.8) is 0 Å². The van der Waals surface area contributed by atoms with E-state index in [1.54, 1.807) is 24.3 Å². The number of hydrogen-bond donors (Lipinski definition) is 2. The predicted molar refractivity (Wildman–Crippen MR) is 111 cm³/mol. The van der Waals surface area contributed by atoms with E-state index in [2.05, 4.69) is 22.4 Å². The molecule has 3 aromatic rings. The number of rotatable bonds is 6. The molecule has 0 aliphatic rings. The van der Waals surface area contributed by atoms with Crippen LogP contribution >= 0.6 is 23.1 Å². The van der Waals surface area contributed by atoms with Gasteiger partial charge in [-0.15, -0.1) is 11.3 Å². The maximum atomic E-state index is 12.4. The van der Waals surface area contributed by atoms with Gasteiger partial charge in [0.05, 0.1) is 10.9 Å². The summed E-state index contributed by atoms with van der Waals surface area (Å²) >= 11 is 2.95. The van der Waals surface area contributed by atoms with E-state index in [4.69, 9.17) is 5.73 Å². The highest BCUT2D eigenvalue weighted by Crippen LogP contribution is 2.31. The van der Waals surface area contributed by atoms with Crippen LogP contribution in [0.25, 0.3) is 11.3 Å². The Kier molecular flexibility index (Phi) is 5.93. The van der Waals surface area contributed by atoms with Gasteiger partial charge in [0.25, 0.3) is 0 Å². The molecule has 0 spiro atoms. The number of nitrogens with two attached hydrogens (primary N) is 1. The number of benzene rings is 2. The average Bonchev–Trinajstić information content (AvgIpc) is 3.11. The van der Waals surface area contributed by atoms with Crippen molar-refractivity contribution >= 4 is 40.6 Å². The normalized spacial score (nSPS) is 11.8. The number of carbonyl (C=O) groups excluding carboxylic acids is 2. The zero-order valence-electron chi connectivity index (χ0n) is 14.9. The Labute approximate surface area is 166 Å². The highest BCUT2D eigenvalue weighted by atomic mass is 32.2. The summed E-state index contributed by atoms with van der Waals surface area (Å²) < 4.78 is 0.845. The molecular formula is C20H19N3O2S2. The standard InChI is InChI=1S/C20H19N3O2S2/c1-12-3-5-14(6-4-12)17-11-26-20(23-17)27-13(2)19(25)22-16-9-7-15(8-10-16)18(21)24/h3-11,13H,1-2H3,(H2,21,24)(H,22,25)/t13-/m0/s1. The smallest absolute Gasteiger partial charge is 0.248 e. The fourth-order valence-corrected chi connectivity index (χ4v) is 4.31. The Bertz CT molecular complexity index is 950. The van der Waals surface area contributed by atoms with Gasteiger partial charge in [-0.1, -0.05) is 41.6 Å². The molecule has 0 unspecified atom stereocenters. The third kappa shape index (κ3) is 4.96. The van der Waals surface area contributed by atoms with Crippen molar-refractivity contribution in [1.82, 2.24) is 4.98 Å². The minimum absolute atomic E-state index is 0.126. The summed E-state index contributed by atoms with van der Waals surface area (Å²) in [4.78, 5) is 28.1. The monoisotopic (exact) mass is 397 g/mol. The minimum atomic E-state index is -0.495. The van der Waals surface area contributed by atoms with Gasteiger partial charge in [-0.05, 0) is 38.1 Å².